The lowest BCUT2D eigenvalue weighted by Crippen LogP contribution is -2.35. The lowest BCUT2D eigenvalue weighted by Gasteiger charge is -2.17. The molecule has 0 bridgehead atoms. The van der Waals surface area contributed by atoms with E-state index in [0.29, 0.717) is 31.3 Å². The molecule has 8 nitrogen and oxygen atoms in total. The predicted octanol–water partition coefficient (Wildman–Crippen LogP) is 2.11. The number of amides is 2. The van der Waals surface area contributed by atoms with Gasteiger partial charge in [-0.1, -0.05) is 17.7 Å². The molecule has 8 heteroatoms. The number of hydrogen-bond acceptors (Lipinski definition) is 6. The summed E-state index contributed by atoms with van der Waals surface area (Å²) in [7, 11) is 0. The molecule has 1 aliphatic heterocycles. The fraction of sp³-hybridized carbons (Fsp3) is 0.429. The molecule has 1 unspecified atom stereocenters. The maximum atomic E-state index is 12.5. The van der Waals surface area contributed by atoms with E-state index < -0.39 is 0 Å². The number of anilines is 3. The van der Waals surface area contributed by atoms with E-state index in [2.05, 4.69) is 25.9 Å². The van der Waals surface area contributed by atoms with Gasteiger partial charge in [-0.25, -0.2) is 9.97 Å². The highest BCUT2D eigenvalue weighted by Crippen LogP contribution is 2.25. The van der Waals surface area contributed by atoms with Crippen molar-refractivity contribution in [2.45, 2.75) is 27.2 Å². The average molecular weight is 396 g/mol. The van der Waals surface area contributed by atoms with E-state index in [1.54, 1.807) is 4.90 Å². The van der Waals surface area contributed by atoms with Gasteiger partial charge in [0, 0.05) is 44.4 Å². The van der Waals surface area contributed by atoms with Gasteiger partial charge in [-0.05, 0) is 32.9 Å². The van der Waals surface area contributed by atoms with Crippen LogP contribution in [-0.2, 0) is 9.59 Å². The van der Waals surface area contributed by atoms with Gasteiger partial charge in [-0.3, -0.25) is 9.59 Å². The van der Waals surface area contributed by atoms with Crippen molar-refractivity contribution in [2.24, 2.45) is 5.92 Å². The topological polar surface area (TPSA) is 99.2 Å². The van der Waals surface area contributed by atoms with Crippen LogP contribution in [0.2, 0.25) is 0 Å². The number of carbonyl (C=O) groups is 2. The van der Waals surface area contributed by atoms with E-state index in [4.69, 9.17) is 0 Å². The van der Waals surface area contributed by atoms with Crippen LogP contribution in [0.4, 0.5) is 17.3 Å². The molecule has 2 heterocycles. The normalized spacial score (nSPS) is 16.0. The summed E-state index contributed by atoms with van der Waals surface area (Å²) < 4.78 is 0. The first-order valence-electron chi connectivity index (χ1n) is 9.94. The summed E-state index contributed by atoms with van der Waals surface area (Å²) in [6, 6.07) is 9.62. The lowest BCUT2D eigenvalue weighted by molar-refractivity contribution is -0.126. The zero-order valence-corrected chi connectivity index (χ0v) is 17.2. The first kappa shape index (κ1) is 20.6. The number of aryl methyl sites for hydroxylation is 2. The molecule has 1 saturated heterocycles. The predicted molar refractivity (Wildman–Crippen MR) is 114 cm³/mol. The third kappa shape index (κ3) is 5.43. The van der Waals surface area contributed by atoms with Gasteiger partial charge in [0.15, 0.2) is 0 Å². The van der Waals surface area contributed by atoms with E-state index >= 15 is 0 Å². The summed E-state index contributed by atoms with van der Waals surface area (Å²) in [5.41, 5.74) is 1.98. The Morgan fingerprint density at radius 1 is 1.10 bits per heavy atom. The number of benzene rings is 1. The Labute approximate surface area is 171 Å². The minimum Gasteiger partial charge on any atom is -0.370 e. The summed E-state index contributed by atoms with van der Waals surface area (Å²) in [5, 5.41) is 9.27. The molecular weight excluding hydrogens is 368 g/mol. The van der Waals surface area contributed by atoms with Crippen LogP contribution in [0, 0.1) is 19.8 Å². The highest BCUT2D eigenvalue weighted by atomic mass is 16.2. The second-order valence-electron chi connectivity index (χ2n) is 7.17. The second kappa shape index (κ2) is 9.36. The van der Waals surface area contributed by atoms with Crippen molar-refractivity contribution < 1.29 is 9.59 Å². The SMILES string of the molecule is CCNc1cc(NCCNC(=O)C2CC(=O)N(c3ccc(C)cc3)C2)nc(C)n1. The van der Waals surface area contributed by atoms with Crippen LogP contribution < -0.4 is 20.9 Å². The molecule has 0 spiro atoms. The second-order valence-corrected chi connectivity index (χ2v) is 7.17. The Kier molecular flexibility index (Phi) is 6.64. The third-order valence-corrected chi connectivity index (χ3v) is 4.77. The number of nitrogens with one attached hydrogen (secondary N) is 3. The molecule has 2 aromatic rings. The van der Waals surface area contributed by atoms with E-state index in [1.165, 1.54) is 0 Å². The van der Waals surface area contributed by atoms with Crippen molar-refractivity contribution in [3.8, 4) is 0 Å². The Bertz CT molecular complexity index is 868. The first-order chi connectivity index (χ1) is 14.0. The molecule has 1 aromatic heterocycles. The molecule has 0 saturated carbocycles. The Hall–Kier alpha value is -3.16. The summed E-state index contributed by atoms with van der Waals surface area (Å²) in [6.07, 6.45) is 0.240. The van der Waals surface area contributed by atoms with Crippen LogP contribution in [0.15, 0.2) is 30.3 Å². The highest BCUT2D eigenvalue weighted by Gasteiger charge is 2.34. The largest absolute Gasteiger partial charge is 0.370 e. The quantitative estimate of drug-likeness (QED) is 0.591. The van der Waals surface area contributed by atoms with Gasteiger partial charge in [0.2, 0.25) is 11.8 Å². The van der Waals surface area contributed by atoms with Crippen LogP contribution in [0.3, 0.4) is 0 Å². The van der Waals surface area contributed by atoms with Crippen molar-refractivity contribution in [1.29, 1.82) is 0 Å². The molecular formula is C21H28N6O2. The molecule has 1 aliphatic rings. The molecule has 0 radical (unpaired) electrons. The Morgan fingerprint density at radius 3 is 2.48 bits per heavy atom. The number of nitrogens with zero attached hydrogens (tertiary/aromatic N) is 3. The fourth-order valence-corrected chi connectivity index (χ4v) is 3.31. The van der Waals surface area contributed by atoms with Crippen molar-refractivity contribution in [2.75, 3.05) is 41.7 Å². The van der Waals surface area contributed by atoms with E-state index in [0.717, 1.165) is 23.6 Å². The zero-order valence-electron chi connectivity index (χ0n) is 17.2. The first-order valence-corrected chi connectivity index (χ1v) is 9.94. The van der Waals surface area contributed by atoms with Gasteiger partial charge in [-0.2, -0.15) is 0 Å². The summed E-state index contributed by atoms with van der Waals surface area (Å²) in [5.74, 6) is 1.72. The molecule has 2 amide bonds. The van der Waals surface area contributed by atoms with Gasteiger partial charge in [0.1, 0.15) is 17.5 Å². The van der Waals surface area contributed by atoms with Crippen molar-refractivity contribution in [1.82, 2.24) is 15.3 Å². The average Bonchev–Trinajstić information content (AvgIpc) is 3.07. The van der Waals surface area contributed by atoms with Crippen LogP contribution in [0.1, 0.15) is 24.7 Å². The van der Waals surface area contributed by atoms with Crippen molar-refractivity contribution >= 4 is 29.1 Å². The third-order valence-electron chi connectivity index (χ3n) is 4.77. The minimum absolute atomic E-state index is 0.0143. The van der Waals surface area contributed by atoms with Gasteiger partial charge >= 0.3 is 0 Å². The summed E-state index contributed by atoms with van der Waals surface area (Å²) in [6.45, 7) is 8.04. The van der Waals surface area contributed by atoms with Gasteiger partial charge in [0.05, 0.1) is 5.92 Å². The van der Waals surface area contributed by atoms with E-state index in [9.17, 15) is 9.59 Å². The van der Waals surface area contributed by atoms with Crippen LogP contribution >= 0.6 is 0 Å². The number of rotatable bonds is 8. The van der Waals surface area contributed by atoms with Gasteiger partial charge < -0.3 is 20.9 Å². The van der Waals surface area contributed by atoms with E-state index in [-0.39, 0.29) is 24.2 Å². The number of aromatic nitrogens is 2. The van der Waals surface area contributed by atoms with Gasteiger partial charge in [0.25, 0.3) is 0 Å². The number of hydrogen-bond donors (Lipinski definition) is 3. The standard InChI is InChI=1S/C21H28N6O2/c1-4-22-18-12-19(26-15(3)25-18)23-9-10-24-21(29)16-11-20(28)27(13-16)17-7-5-14(2)6-8-17/h5-8,12,16H,4,9-11,13H2,1-3H3,(H,24,29)(H2,22,23,25,26). The highest BCUT2D eigenvalue weighted by molar-refractivity contribution is 6.00. The Balaban J connectivity index is 1.46. The molecule has 29 heavy (non-hydrogen) atoms. The van der Waals surface area contributed by atoms with Crippen LogP contribution in [0.5, 0.6) is 0 Å². The smallest absolute Gasteiger partial charge is 0.227 e. The molecule has 3 N–H and O–H groups in total. The lowest BCUT2D eigenvalue weighted by atomic mass is 10.1. The summed E-state index contributed by atoms with van der Waals surface area (Å²) >= 11 is 0. The molecule has 154 valence electrons. The maximum Gasteiger partial charge on any atom is 0.227 e. The summed E-state index contributed by atoms with van der Waals surface area (Å²) in [4.78, 5) is 35.1. The Morgan fingerprint density at radius 2 is 1.79 bits per heavy atom. The fourth-order valence-electron chi connectivity index (χ4n) is 3.31. The monoisotopic (exact) mass is 396 g/mol. The van der Waals surface area contributed by atoms with E-state index in [1.807, 2.05) is 51.1 Å². The van der Waals surface area contributed by atoms with Gasteiger partial charge in [-0.15, -0.1) is 0 Å². The molecule has 1 aromatic carbocycles. The minimum atomic E-state index is -0.328. The molecule has 1 fully saturated rings. The van der Waals surface area contributed by atoms with Crippen molar-refractivity contribution in [3.63, 3.8) is 0 Å². The number of carbonyl (C=O) groups excluding carboxylic acids is 2. The zero-order chi connectivity index (χ0) is 20.8. The molecule has 3 rings (SSSR count). The van der Waals surface area contributed by atoms with Crippen LogP contribution in [0.25, 0.3) is 0 Å². The maximum absolute atomic E-state index is 12.5. The van der Waals surface area contributed by atoms with Crippen molar-refractivity contribution in [3.05, 3.63) is 41.7 Å². The molecule has 0 aliphatic carbocycles. The molecule has 1 atom stereocenters. The van der Waals surface area contributed by atoms with Crippen LogP contribution in [-0.4, -0.2) is 48.0 Å².